The fourth-order valence-corrected chi connectivity index (χ4v) is 3.03. The molecule has 0 saturated carbocycles. The van der Waals surface area contributed by atoms with Gasteiger partial charge in [-0.1, -0.05) is 31.2 Å². The summed E-state index contributed by atoms with van der Waals surface area (Å²) in [5.41, 5.74) is 5.06. The third-order valence-electron chi connectivity index (χ3n) is 4.14. The third kappa shape index (κ3) is 1.34. The van der Waals surface area contributed by atoms with Gasteiger partial charge in [-0.25, -0.2) is 0 Å². The van der Waals surface area contributed by atoms with Crippen molar-refractivity contribution in [1.82, 2.24) is 4.90 Å². The van der Waals surface area contributed by atoms with Crippen molar-refractivity contribution >= 4 is 11.5 Å². The molecule has 94 valence electrons. The molecule has 0 radical (unpaired) electrons. The number of nitrogens with zero attached hydrogens (tertiary/aromatic N) is 2. The molecule has 0 spiro atoms. The molecule has 0 saturated heterocycles. The number of hydrogen-bond donors (Lipinski definition) is 0. The lowest BCUT2D eigenvalue weighted by Gasteiger charge is -2.31. The summed E-state index contributed by atoms with van der Waals surface area (Å²) in [6, 6.07) is 9.90. The van der Waals surface area contributed by atoms with Crippen LogP contribution in [0, 0.1) is 17.2 Å². The number of benzene rings is 1. The van der Waals surface area contributed by atoms with Gasteiger partial charge in [-0.3, -0.25) is 4.79 Å². The first-order valence-electron chi connectivity index (χ1n) is 6.30. The average molecular weight is 250 g/mol. The second-order valence-corrected chi connectivity index (χ2v) is 5.03. The maximum absolute atomic E-state index is 12.5. The van der Waals surface area contributed by atoms with Gasteiger partial charge in [0.05, 0.1) is 17.3 Å². The van der Waals surface area contributed by atoms with Crippen LogP contribution in [0.4, 0.5) is 0 Å². The number of ketones is 1. The van der Waals surface area contributed by atoms with E-state index in [-0.39, 0.29) is 11.7 Å². The molecule has 0 aromatic heterocycles. The fraction of sp³-hybridized carbons (Fsp3) is 0.250. The highest BCUT2D eigenvalue weighted by Crippen LogP contribution is 2.45. The van der Waals surface area contributed by atoms with Crippen LogP contribution < -0.4 is 0 Å². The van der Waals surface area contributed by atoms with Crippen molar-refractivity contribution in [2.45, 2.75) is 13.8 Å². The molecule has 0 N–H and O–H groups in total. The van der Waals surface area contributed by atoms with Crippen LogP contribution in [0.3, 0.4) is 0 Å². The van der Waals surface area contributed by atoms with Crippen molar-refractivity contribution in [2.75, 3.05) is 7.05 Å². The van der Waals surface area contributed by atoms with E-state index in [0.717, 1.165) is 28.1 Å². The molecular weight excluding hydrogens is 236 g/mol. The summed E-state index contributed by atoms with van der Waals surface area (Å²) in [5, 5.41) is 9.30. The van der Waals surface area contributed by atoms with Gasteiger partial charge in [-0.2, -0.15) is 5.26 Å². The Kier molecular flexibility index (Phi) is 2.36. The number of carbonyl (C=O) groups excluding carboxylic acids is 1. The highest BCUT2D eigenvalue weighted by Gasteiger charge is 2.39. The number of carbonyl (C=O) groups is 1. The van der Waals surface area contributed by atoms with Gasteiger partial charge in [0, 0.05) is 35.4 Å². The zero-order valence-electron chi connectivity index (χ0n) is 11.2. The second-order valence-electron chi connectivity index (χ2n) is 5.03. The predicted molar refractivity (Wildman–Crippen MR) is 72.9 cm³/mol. The van der Waals surface area contributed by atoms with Crippen LogP contribution in [-0.2, 0) is 0 Å². The lowest BCUT2D eigenvalue weighted by molar-refractivity contribution is 0.102. The maximum atomic E-state index is 12.5. The second kappa shape index (κ2) is 3.83. The molecule has 19 heavy (non-hydrogen) atoms. The van der Waals surface area contributed by atoms with Gasteiger partial charge in [0.25, 0.3) is 0 Å². The molecule has 3 nitrogen and oxygen atoms in total. The molecule has 1 aromatic carbocycles. The minimum absolute atomic E-state index is 0.0604. The Morgan fingerprint density at radius 2 is 1.89 bits per heavy atom. The molecule has 1 aliphatic heterocycles. The van der Waals surface area contributed by atoms with E-state index in [2.05, 4.69) is 6.07 Å². The number of hydrogen-bond acceptors (Lipinski definition) is 3. The van der Waals surface area contributed by atoms with E-state index >= 15 is 0 Å². The van der Waals surface area contributed by atoms with Crippen LogP contribution in [0.15, 0.2) is 41.1 Å². The Hall–Kier alpha value is -2.34. The molecule has 3 rings (SSSR count). The third-order valence-corrected chi connectivity index (χ3v) is 4.14. The summed E-state index contributed by atoms with van der Waals surface area (Å²) in [5.74, 6) is -0.0682. The normalized spacial score (nSPS) is 21.5. The van der Waals surface area contributed by atoms with Crippen LogP contribution in [0.25, 0.3) is 5.70 Å². The van der Waals surface area contributed by atoms with Crippen LogP contribution in [0.1, 0.15) is 29.8 Å². The molecule has 1 aliphatic carbocycles. The van der Waals surface area contributed by atoms with Gasteiger partial charge < -0.3 is 4.90 Å². The number of allylic oxidation sites excluding steroid dienone is 3. The van der Waals surface area contributed by atoms with Gasteiger partial charge in [0.15, 0.2) is 5.78 Å². The van der Waals surface area contributed by atoms with E-state index in [1.54, 1.807) is 0 Å². The monoisotopic (exact) mass is 250 g/mol. The lowest BCUT2D eigenvalue weighted by atomic mass is 9.86. The van der Waals surface area contributed by atoms with Gasteiger partial charge in [-0.05, 0) is 6.92 Å². The van der Waals surface area contributed by atoms with E-state index in [4.69, 9.17) is 0 Å². The summed E-state index contributed by atoms with van der Waals surface area (Å²) < 4.78 is 0. The van der Waals surface area contributed by atoms with Crippen molar-refractivity contribution in [2.24, 2.45) is 5.92 Å². The topological polar surface area (TPSA) is 44.1 Å². The van der Waals surface area contributed by atoms with Crippen LogP contribution in [0.2, 0.25) is 0 Å². The van der Waals surface area contributed by atoms with Gasteiger partial charge >= 0.3 is 0 Å². The van der Waals surface area contributed by atoms with E-state index in [1.165, 1.54) is 0 Å². The zero-order valence-corrected chi connectivity index (χ0v) is 11.2. The molecule has 0 fully saturated rings. The number of rotatable bonds is 0. The van der Waals surface area contributed by atoms with Crippen molar-refractivity contribution in [1.29, 1.82) is 5.26 Å². The van der Waals surface area contributed by atoms with Gasteiger partial charge in [0.1, 0.15) is 0 Å². The smallest absolute Gasteiger partial charge is 0.192 e. The van der Waals surface area contributed by atoms with Crippen molar-refractivity contribution in [3.05, 3.63) is 52.2 Å². The Bertz CT molecular complexity index is 704. The van der Waals surface area contributed by atoms with Gasteiger partial charge in [-0.15, -0.1) is 0 Å². The highest BCUT2D eigenvalue weighted by atomic mass is 16.1. The molecule has 1 heterocycles. The molecular formula is C16H14N2O. The molecule has 1 aromatic rings. The van der Waals surface area contributed by atoms with Gasteiger partial charge in [0.2, 0.25) is 0 Å². The SMILES string of the molecule is CC1=C(C#N)C(C)C2=C(c3ccccc3C2=O)N1C. The summed E-state index contributed by atoms with van der Waals surface area (Å²) in [4.78, 5) is 14.5. The van der Waals surface area contributed by atoms with Crippen LogP contribution in [-0.4, -0.2) is 17.7 Å². The van der Waals surface area contributed by atoms with Crippen molar-refractivity contribution < 1.29 is 4.79 Å². The standard InChI is InChI=1S/C16H14N2O/c1-9-13(8-17)10(2)18(3)15-11-6-4-5-7-12(11)16(19)14(9)15/h4-7,9H,1-3H3. The number of fused-ring (bicyclic) bond motifs is 2. The minimum atomic E-state index is -0.129. The van der Waals surface area contributed by atoms with Crippen molar-refractivity contribution in [3.8, 4) is 6.07 Å². The Labute approximate surface area is 112 Å². The first-order chi connectivity index (χ1) is 9.07. The summed E-state index contributed by atoms with van der Waals surface area (Å²) in [6.07, 6.45) is 0. The molecule has 1 unspecified atom stereocenters. The van der Waals surface area contributed by atoms with Crippen LogP contribution in [0.5, 0.6) is 0 Å². The number of Topliss-reactive ketones (excluding diaryl/α,β-unsaturated/α-hetero) is 1. The number of nitriles is 1. The Balaban J connectivity index is 2.27. The minimum Gasteiger partial charge on any atom is -0.347 e. The first-order valence-corrected chi connectivity index (χ1v) is 6.30. The molecule has 0 amide bonds. The quantitative estimate of drug-likeness (QED) is 0.711. The predicted octanol–water partition coefficient (Wildman–Crippen LogP) is 2.97. The average Bonchev–Trinajstić information content (AvgIpc) is 2.71. The summed E-state index contributed by atoms with van der Waals surface area (Å²) in [7, 11) is 1.92. The molecule has 2 aliphatic rings. The van der Waals surface area contributed by atoms with E-state index in [9.17, 15) is 10.1 Å². The largest absolute Gasteiger partial charge is 0.347 e. The Morgan fingerprint density at radius 3 is 2.53 bits per heavy atom. The van der Waals surface area contributed by atoms with Crippen LogP contribution >= 0.6 is 0 Å². The highest BCUT2D eigenvalue weighted by molar-refractivity contribution is 6.21. The van der Waals surface area contributed by atoms with E-state index < -0.39 is 0 Å². The maximum Gasteiger partial charge on any atom is 0.192 e. The lowest BCUT2D eigenvalue weighted by Crippen LogP contribution is -2.25. The molecule has 0 bridgehead atoms. The summed E-state index contributed by atoms with van der Waals surface area (Å²) >= 11 is 0. The van der Waals surface area contributed by atoms with Crippen molar-refractivity contribution in [3.63, 3.8) is 0 Å². The molecule has 3 heteroatoms. The van der Waals surface area contributed by atoms with E-state index in [1.807, 2.05) is 50.1 Å². The zero-order chi connectivity index (χ0) is 13.7. The molecule has 1 atom stereocenters. The fourth-order valence-electron chi connectivity index (χ4n) is 3.03. The Morgan fingerprint density at radius 1 is 1.26 bits per heavy atom. The summed E-state index contributed by atoms with van der Waals surface area (Å²) in [6.45, 7) is 3.87. The van der Waals surface area contributed by atoms with E-state index in [0.29, 0.717) is 5.57 Å². The first kappa shape index (κ1) is 11.7.